The van der Waals surface area contributed by atoms with Crippen molar-refractivity contribution >= 4 is 17.0 Å². The standard InChI is InChI=1S/C20H22N2O3/c1-3-7-15(13-8-5-4-6-9-13)20-21-18-14(12-17(23)24)10-11-16(25-2)19(18)22-20/h4-6,8-11,15H,3,7,12H2,1-2H3,(H,21,22)(H,23,24). The van der Waals surface area contributed by atoms with Crippen LogP contribution in [-0.4, -0.2) is 28.2 Å². The van der Waals surface area contributed by atoms with Crippen LogP contribution in [0.1, 0.15) is 42.6 Å². The molecule has 0 bridgehead atoms. The van der Waals surface area contributed by atoms with E-state index in [2.05, 4.69) is 24.0 Å². The zero-order chi connectivity index (χ0) is 17.8. The number of aromatic amines is 1. The number of methoxy groups -OCH3 is 1. The molecule has 0 saturated carbocycles. The lowest BCUT2D eigenvalue weighted by Crippen LogP contribution is -2.03. The number of carboxylic acid groups (broad SMARTS) is 1. The van der Waals surface area contributed by atoms with Gasteiger partial charge in [-0.2, -0.15) is 0 Å². The molecule has 5 heteroatoms. The first-order chi connectivity index (χ1) is 12.1. The zero-order valence-electron chi connectivity index (χ0n) is 14.5. The predicted molar refractivity (Wildman–Crippen MR) is 97.2 cm³/mol. The van der Waals surface area contributed by atoms with Gasteiger partial charge in [0, 0.05) is 5.92 Å². The lowest BCUT2D eigenvalue weighted by molar-refractivity contribution is -0.136. The van der Waals surface area contributed by atoms with Crippen LogP contribution in [0.4, 0.5) is 0 Å². The van der Waals surface area contributed by atoms with Crippen LogP contribution in [0.2, 0.25) is 0 Å². The third kappa shape index (κ3) is 3.50. The molecule has 0 amide bonds. The predicted octanol–water partition coefficient (Wildman–Crippen LogP) is 4.13. The van der Waals surface area contributed by atoms with Crippen LogP contribution in [-0.2, 0) is 11.2 Å². The van der Waals surface area contributed by atoms with Gasteiger partial charge in [-0.25, -0.2) is 4.98 Å². The Hall–Kier alpha value is -2.82. The van der Waals surface area contributed by atoms with Crippen molar-refractivity contribution in [3.8, 4) is 5.75 Å². The molecule has 1 unspecified atom stereocenters. The van der Waals surface area contributed by atoms with Crippen molar-refractivity contribution in [2.75, 3.05) is 7.11 Å². The Morgan fingerprint density at radius 1 is 1.24 bits per heavy atom. The fraction of sp³-hybridized carbons (Fsp3) is 0.300. The van der Waals surface area contributed by atoms with Crippen molar-refractivity contribution in [3.63, 3.8) is 0 Å². The lowest BCUT2D eigenvalue weighted by Gasteiger charge is -2.13. The minimum absolute atomic E-state index is 0.0609. The number of ether oxygens (including phenoxy) is 1. The van der Waals surface area contributed by atoms with Gasteiger partial charge in [-0.1, -0.05) is 49.7 Å². The van der Waals surface area contributed by atoms with E-state index >= 15 is 0 Å². The van der Waals surface area contributed by atoms with Crippen molar-refractivity contribution in [1.82, 2.24) is 9.97 Å². The molecule has 2 aromatic carbocycles. The van der Waals surface area contributed by atoms with Gasteiger partial charge in [0.25, 0.3) is 0 Å². The molecule has 5 nitrogen and oxygen atoms in total. The Morgan fingerprint density at radius 2 is 2.00 bits per heavy atom. The van der Waals surface area contributed by atoms with Gasteiger partial charge >= 0.3 is 5.97 Å². The summed E-state index contributed by atoms with van der Waals surface area (Å²) in [6, 6.07) is 13.8. The van der Waals surface area contributed by atoms with E-state index in [-0.39, 0.29) is 12.3 Å². The molecule has 0 aliphatic heterocycles. The van der Waals surface area contributed by atoms with Crippen molar-refractivity contribution in [3.05, 3.63) is 59.4 Å². The third-order valence-electron chi connectivity index (χ3n) is 4.38. The van der Waals surface area contributed by atoms with Gasteiger partial charge in [-0.15, -0.1) is 0 Å². The van der Waals surface area contributed by atoms with Gasteiger partial charge < -0.3 is 14.8 Å². The molecule has 0 aliphatic carbocycles. The van der Waals surface area contributed by atoms with E-state index in [9.17, 15) is 4.79 Å². The third-order valence-corrected chi connectivity index (χ3v) is 4.38. The molecule has 0 radical (unpaired) electrons. The molecule has 3 rings (SSSR count). The van der Waals surface area contributed by atoms with E-state index in [1.807, 2.05) is 18.2 Å². The first-order valence-electron chi connectivity index (χ1n) is 8.46. The number of rotatable bonds is 7. The minimum atomic E-state index is -0.871. The summed E-state index contributed by atoms with van der Waals surface area (Å²) in [6.07, 6.45) is 1.92. The molecule has 1 aromatic heterocycles. The Kier molecular flexibility index (Phi) is 5.03. The van der Waals surface area contributed by atoms with Crippen molar-refractivity contribution in [2.45, 2.75) is 32.1 Å². The molecule has 0 aliphatic rings. The average Bonchev–Trinajstić information content (AvgIpc) is 3.05. The van der Waals surface area contributed by atoms with Crippen LogP contribution in [0.25, 0.3) is 11.0 Å². The molecular formula is C20H22N2O3. The number of aromatic nitrogens is 2. The summed E-state index contributed by atoms with van der Waals surface area (Å²) < 4.78 is 5.43. The van der Waals surface area contributed by atoms with Gasteiger partial charge in [0.15, 0.2) is 0 Å². The topological polar surface area (TPSA) is 75.2 Å². The summed E-state index contributed by atoms with van der Waals surface area (Å²) in [6.45, 7) is 2.15. The highest BCUT2D eigenvalue weighted by Crippen LogP contribution is 2.33. The Bertz CT molecular complexity index is 871. The van der Waals surface area contributed by atoms with Crippen LogP contribution in [0.5, 0.6) is 5.75 Å². The van der Waals surface area contributed by atoms with Gasteiger partial charge in [0.1, 0.15) is 17.1 Å². The highest BCUT2D eigenvalue weighted by atomic mass is 16.5. The molecule has 25 heavy (non-hydrogen) atoms. The highest BCUT2D eigenvalue weighted by Gasteiger charge is 2.20. The molecule has 0 fully saturated rings. The molecule has 3 aromatic rings. The maximum absolute atomic E-state index is 11.2. The van der Waals surface area contributed by atoms with Crippen LogP contribution < -0.4 is 4.74 Å². The number of carbonyl (C=O) groups is 1. The number of nitrogens with zero attached hydrogens (tertiary/aromatic N) is 1. The highest BCUT2D eigenvalue weighted by molar-refractivity contribution is 5.88. The van der Waals surface area contributed by atoms with Gasteiger partial charge in [-0.05, 0) is 23.6 Å². The number of aliphatic carboxylic acids is 1. The van der Waals surface area contributed by atoms with Crippen molar-refractivity contribution < 1.29 is 14.6 Å². The van der Waals surface area contributed by atoms with Crippen molar-refractivity contribution in [2.24, 2.45) is 0 Å². The minimum Gasteiger partial charge on any atom is -0.494 e. The van der Waals surface area contributed by atoms with E-state index in [0.717, 1.165) is 24.2 Å². The maximum atomic E-state index is 11.2. The first-order valence-corrected chi connectivity index (χ1v) is 8.46. The van der Waals surface area contributed by atoms with E-state index in [1.54, 1.807) is 19.2 Å². The SMILES string of the molecule is CCCC(c1ccccc1)c1nc2c(CC(=O)O)ccc(OC)c2[nH]1. The normalized spacial score (nSPS) is 12.2. The Balaban J connectivity index is 2.13. The number of carboxylic acids is 1. The van der Waals surface area contributed by atoms with Gasteiger partial charge in [-0.3, -0.25) is 4.79 Å². The number of nitrogens with one attached hydrogen (secondary N) is 1. The summed E-state index contributed by atoms with van der Waals surface area (Å²) in [4.78, 5) is 19.3. The molecule has 130 valence electrons. The van der Waals surface area contributed by atoms with E-state index in [4.69, 9.17) is 14.8 Å². The summed E-state index contributed by atoms with van der Waals surface area (Å²) in [5, 5.41) is 9.16. The summed E-state index contributed by atoms with van der Waals surface area (Å²) in [7, 11) is 1.60. The monoisotopic (exact) mass is 338 g/mol. The van der Waals surface area contributed by atoms with Gasteiger partial charge in [0.05, 0.1) is 19.0 Å². The fourth-order valence-electron chi connectivity index (χ4n) is 3.22. The lowest BCUT2D eigenvalue weighted by atomic mass is 9.94. The Morgan fingerprint density at radius 3 is 2.64 bits per heavy atom. The second-order valence-corrected chi connectivity index (χ2v) is 6.10. The maximum Gasteiger partial charge on any atom is 0.307 e. The molecule has 1 atom stereocenters. The van der Waals surface area contributed by atoms with Gasteiger partial charge in [0.2, 0.25) is 0 Å². The summed E-state index contributed by atoms with van der Waals surface area (Å²) in [5.41, 5.74) is 3.32. The molecular weight excluding hydrogens is 316 g/mol. The number of imidazole rings is 1. The summed E-state index contributed by atoms with van der Waals surface area (Å²) in [5.74, 6) is 0.788. The number of benzene rings is 2. The van der Waals surface area contributed by atoms with E-state index < -0.39 is 5.97 Å². The number of H-pyrrole nitrogens is 1. The number of hydrogen-bond acceptors (Lipinski definition) is 3. The number of hydrogen-bond donors (Lipinski definition) is 2. The fourth-order valence-corrected chi connectivity index (χ4v) is 3.22. The molecule has 0 spiro atoms. The van der Waals surface area contributed by atoms with E-state index in [1.165, 1.54) is 5.56 Å². The Labute approximate surface area is 146 Å². The first kappa shape index (κ1) is 17.0. The van der Waals surface area contributed by atoms with Crippen LogP contribution >= 0.6 is 0 Å². The molecule has 0 saturated heterocycles. The van der Waals surface area contributed by atoms with Crippen molar-refractivity contribution in [1.29, 1.82) is 0 Å². The quantitative estimate of drug-likeness (QED) is 0.679. The second kappa shape index (κ2) is 7.38. The van der Waals surface area contributed by atoms with Crippen LogP contribution in [0, 0.1) is 0 Å². The van der Waals surface area contributed by atoms with Crippen LogP contribution in [0.3, 0.4) is 0 Å². The largest absolute Gasteiger partial charge is 0.494 e. The summed E-state index contributed by atoms with van der Waals surface area (Å²) >= 11 is 0. The molecule has 2 N–H and O–H groups in total. The number of fused-ring (bicyclic) bond motifs is 1. The van der Waals surface area contributed by atoms with E-state index in [0.29, 0.717) is 16.8 Å². The second-order valence-electron chi connectivity index (χ2n) is 6.10. The average molecular weight is 338 g/mol. The molecule has 1 heterocycles. The van der Waals surface area contributed by atoms with Crippen LogP contribution in [0.15, 0.2) is 42.5 Å². The smallest absolute Gasteiger partial charge is 0.307 e. The zero-order valence-corrected chi connectivity index (χ0v) is 14.5.